The Bertz CT molecular complexity index is 419. The second kappa shape index (κ2) is 6.11. The summed E-state index contributed by atoms with van der Waals surface area (Å²) in [6.45, 7) is 1.97. The first-order chi connectivity index (χ1) is 8.72. The number of hydrogen-bond donors (Lipinski definition) is 2. The van der Waals surface area contributed by atoms with Crippen molar-refractivity contribution >= 4 is 17.7 Å². The van der Waals surface area contributed by atoms with Crippen molar-refractivity contribution in [3.8, 4) is 5.75 Å². The maximum absolute atomic E-state index is 12.0. The van der Waals surface area contributed by atoms with Crippen LogP contribution in [0.2, 0.25) is 0 Å². The van der Waals surface area contributed by atoms with Gasteiger partial charge in [0.25, 0.3) is 0 Å². The minimum absolute atomic E-state index is 0.0541. The topological polar surface area (TPSA) is 50.4 Å². The molecule has 1 aliphatic heterocycles. The molecule has 0 radical (unpaired) electrons. The van der Waals surface area contributed by atoms with Crippen molar-refractivity contribution in [1.29, 1.82) is 0 Å². The molecular formula is C13H18N2O2S. The molecule has 2 atom stereocenters. The second-order valence-electron chi connectivity index (χ2n) is 4.24. The molecule has 0 aliphatic carbocycles. The highest BCUT2D eigenvalue weighted by Gasteiger charge is 2.24. The fraction of sp³-hybridized carbons (Fsp3) is 0.462. The number of thioether (sulfide) groups is 1. The van der Waals surface area contributed by atoms with E-state index in [1.165, 1.54) is 0 Å². The summed E-state index contributed by atoms with van der Waals surface area (Å²) in [5.74, 6) is 2.54. The molecule has 0 bridgehead atoms. The molecule has 1 aliphatic rings. The molecule has 2 rings (SSSR count). The molecule has 18 heavy (non-hydrogen) atoms. The van der Waals surface area contributed by atoms with Gasteiger partial charge in [-0.15, -0.1) is 11.8 Å². The molecule has 1 unspecified atom stereocenters. The summed E-state index contributed by atoms with van der Waals surface area (Å²) in [5, 5.41) is 6.18. The number of benzene rings is 1. The Morgan fingerprint density at radius 2 is 2.33 bits per heavy atom. The van der Waals surface area contributed by atoms with Gasteiger partial charge in [0, 0.05) is 17.2 Å². The highest BCUT2D eigenvalue weighted by atomic mass is 32.2. The molecule has 1 amide bonds. The van der Waals surface area contributed by atoms with Crippen LogP contribution in [-0.4, -0.2) is 30.7 Å². The molecule has 1 heterocycles. The molecular weight excluding hydrogens is 248 g/mol. The fourth-order valence-corrected chi connectivity index (χ4v) is 2.92. The number of methoxy groups -OCH3 is 1. The molecule has 0 saturated carbocycles. The van der Waals surface area contributed by atoms with Gasteiger partial charge < -0.3 is 10.1 Å². The third-order valence-electron chi connectivity index (χ3n) is 3.00. The van der Waals surface area contributed by atoms with E-state index < -0.39 is 0 Å². The van der Waals surface area contributed by atoms with Gasteiger partial charge in [0.2, 0.25) is 5.91 Å². The lowest BCUT2D eigenvalue weighted by Crippen LogP contribution is -2.42. The number of carbonyl (C=O) groups excluding carboxylic acids is 1. The van der Waals surface area contributed by atoms with Gasteiger partial charge in [0.1, 0.15) is 5.75 Å². The first-order valence-electron chi connectivity index (χ1n) is 5.97. The number of carbonyl (C=O) groups is 1. The molecule has 1 fully saturated rings. The summed E-state index contributed by atoms with van der Waals surface area (Å²) >= 11 is 1.74. The van der Waals surface area contributed by atoms with Crippen LogP contribution in [0.15, 0.2) is 24.3 Å². The van der Waals surface area contributed by atoms with Crippen molar-refractivity contribution in [2.45, 2.75) is 19.0 Å². The number of para-hydroxylation sites is 1. The van der Waals surface area contributed by atoms with Gasteiger partial charge in [-0.2, -0.15) is 0 Å². The number of amides is 1. The average molecular weight is 266 g/mol. The van der Waals surface area contributed by atoms with Crippen molar-refractivity contribution in [3.63, 3.8) is 0 Å². The predicted molar refractivity (Wildman–Crippen MR) is 73.8 cm³/mol. The van der Waals surface area contributed by atoms with Crippen LogP contribution in [-0.2, 0) is 4.79 Å². The molecule has 1 aromatic rings. The lowest BCUT2D eigenvalue weighted by atomic mass is 10.1. The van der Waals surface area contributed by atoms with E-state index in [1.54, 1.807) is 18.9 Å². The van der Waals surface area contributed by atoms with E-state index in [9.17, 15) is 4.79 Å². The average Bonchev–Trinajstić information content (AvgIpc) is 2.92. The van der Waals surface area contributed by atoms with Crippen molar-refractivity contribution in [2.24, 2.45) is 0 Å². The van der Waals surface area contributed by atoms with Crippen LogP contribution >= 0.6 is 11.8 Å². The van der Waals surface area contributed by atoms with Crippen molar-refractivity contribution < 1.29 is 9.53 Å². The Kier molecular flexibility index (Phi) is 4.49. The number of rotatable bonds is 4. The molecule has 5 heteroatoms. The van der Waals surface area contributed by atoms with E-state index in [2.05, 4.69) is 10.6 Å². The van der Waals surface area contributed by atoms with Crippen LogP contribution in [0.3, 0.4) is 0 Å². The van der Waals surface area contributed by atoms with Gasteiger partial charge in [-0.1, -0.05) is 18.2 Å². The summed E-state index contributed by atoms with van der Waals surface area (Å²) in [5.41, 5.74) is 0.999. The van der Waals surface area contributed by atoms with Crippen LogP contribution in [0.5, 0.6) is 5.75 Å². The SMILES string of the molecule is COc1ccccc1[C@@H](C)NC(=O)C1CSCN1. The monoisotopic (exact) mass is 266 g/mol. The van der Waals surface area contributed by atoms with Crippen molar-refractivity contribution in [2.75, 3.05) is 18.7 Å². The maximum Gasteiger partial charge on any atom is 0.238 e. The Labute approximate surface area is 111 Å². The van der Waals surface area contributed by atoms with E-state index in [-0.39, 0.29) is 18.0 Å². The molecule has 1 saturated heterocycles. The normalized spacial score (nSPS) is 20.4. The predicted octanol–water partition coefficient (Wildman–Crippen LogP) is 1.53. The maximum atomic E-state index is 12.0. The zero-order valence-electron chi connectivity index (χ0n) is 10.6. The quantitative estimate of drug-likeness (QED) is 0.868. The smallest absolute Gasteiger partial charge is 0.238 e. The van der Waals surface area contributed by atoms with Gasteiger partial charge >= 0.3 is 0 Å². The number of ether oxygens (including phenoxy) is 1. The van der Waals surface area contributed by atoms with Gasteiger partial charge in [0.05, 0.1) is 19.2 Å². The van der Waals surface area contributed by atoms with Gasteiger partial charge in [-0.3, -0.25) is 10.1 Å². The van der Waals surface area contributed by atoms with Crippen LogP contribution in [0.25, 0.3) is 0 Å². The Balaban J connectivity index is 2.02. The zero-order chi connectivity index (χ0) is 13.0. The number of nitrogens with one attached hydrogen (secondary N) is 2. The lowest BCUT2D eigenvalue weighted by molar-refractivity contribution is -0.123. The summed E-state index contributed by atoms with van der Waals surface area (Å²) in [6.07, 6.45) is 0. The highest BCUT2D eigenvalue weighted by molar-refractivity contribution is 7.99. The fourth-order valence-electron chi connectivity index (χ4n) is 1.98. The van der Waals surface area contributed by atoms with Crippen LogP contribution in [0.4, 0.5) is 0 Å². The molecule has 1 aromatic carbocycles. The third-order valence-corrected chi connectivity index (χ3v) is 3.94. The second-order valence-corrected chi connectivity index (χ2v) is 5.27. The first-order valence-corrected chi connectivity index (χ1v) is 7.12. The minimum Gasteiger partial charge on any atom is -0.496 e. The molecule has 0 spiro atoms. The summed E-state index contributed by atoms with van der Waals surface area (Å²) in [7, 11) is 1.64. The van der Waals surface area contributed by atoms with Crippen LogP contribution in [0, 0.1) is 0 Å². The standard InChI is InChI=1S/C13H18N2O2S/c1-9(10-5-3-4-6-12(10)17-2)15-13(16)11-7-18-8-14-11/h3-6,9,11,14H,7-8H2,1-2H3,(H,15,16)/t9-,11?/m1/s1. The number of hydrogen-bond acceptors (Lipinski definition) is 4. The highest BCUT2D eigenvalue weighted by Crippen LogP contribution is 2.24. The summed E-state index contributed by atoms with van der Waals surface area (Å²) in [4.78, 5) is 12.0. The first kappa shape index (κ1) is 13.2. The Morgan fingerprint density at radius 1 is 1.56 bits per heavy atom. The van der Waals surface area contributed by atoms with Gasteiger partial charge in [0.15, 0.2) is 0 Å². The summed E-state index contributed by atoms with van der Waals surface area (Å²) in [6, 6.07) is 7.62. The van der Waals surface area contributed by atoms with Crippen molar-refractivity contribution in [1.82, 2.24) is 10.6 Å². The largest absolute Gasteiger partial charge is 0.496 e. The van der Waals surface area contributed by atoms with E-state index in [1.807, 2.05) is 31.2 Å². The molecule has 2 N–H and O–H groups in total. The Morgan fingerprint density at radius 3 is 3.00 bits per heavy atom. The molecule has 4 nitrogen and oxygen atoms in total. The van der Waals surface area contributed by atoms with Crippen LogP contribution in [0.1, 0.15) is 18.5 Å². The lowest BCUT2D eigenvalue weighted by Gasteiger charge is -2.19. The van der Waals surface area contributed by atoms with Crippen LogP contribution < -0.4 is 15.4 Å². The third kappa shape index (κ3) is 2.97. The van der Waals surface area contributed by atoms with Gasteiger partial charge in [-0.25, -0.2) is 0 Å². The van der Waals surface area contributed by atoms with Gasteiger partial charge in [-0.05, 0) is 13.0 Å². The van der Waals surface area contributed by atoms with E-state index >= 15 is 0 Å². The molecule has 98 valence electrons. The van der Waals surface area contributed by atoms with E-state index in [0.717, 1.165) is 22.9 Å². The zero-order valence-corrected chi connectivity index (χ0v) is 11.4. The van der Waals surface area contributed by atoms with Crippen molar-refractivity contribution in [3.05, 3.63) is 29.8 Å². The minimum atomic E-state index is -0.0767. The summed E-state index contributed by atoms with van der Waals surface area (Å²) < 4.78 is 5.30. The van der Waals surface area contributed by atoms with E-state index in [4.69, 9.17) is 4.74 Å². The molecule has 0 aromatic heterocycles. The van der Waals surface area contributed by atoms with E-state index in [0.29, 0.717) is 0 Å². The Hall–Kier alpha value is -1.20.